The molecule has 1 amide bonds. The third kappa shape index (κ3) is 3.84. The molecule has 112 valence electrons. The van der Waals surface area contributed by atoms with Crippen molar-refractivity contribution in [2.24, 2.45) is 0 Å². The van der Waals surface area contributed by atoms with Gasteiger partial charge >= 0.3 is 0 Å². The third-order valence-corrected chi connectivity index (χ3v) is 3.59. The highest BCUT2D eigenvalue weighted by atomic mass is 16.2. The van der Waals surface area contributed by atoms with E-state index in [9.17, 15) is 4.79 Å². The van der Waals surface area contributed by atoms with Gasteiger partial charge in [0.15, 0.2) is 0 Å². The molecule has 0 aliphatic heterocycles. The van der Waals surface area contributed by atoms with Gasteiger partial charge in [0.1, 0.15) is 11.5 Å². The highest BCUT2D eigenvalue weighted by Gasteiger charge is 2.24. The molecule has 4 N–H and O–H groups in total. The average molecular weight is 286 g/mol. The molecule has 5 nitrogen and oxygen atoms in total. The van der Waals surface area contributed by atoms with E-state index >= 15 is 0 Å². The van der Waals surface area contributed by atoms with Gasteiger partial charge in [-0.3, -0.25) is 9.89 Å². The van der Waals surface area contributed by atoms with Gasteiger partial charge in [-0.1, -0.05) is 44.2 Å². The summed E-state index contributed by atoms with van der Waals surface area (Å²) in [5.74, 6) is 0.132. The lowest BCUT2D eigenvalue weighted by atomic mass is 9.79. The van der Waals surface area contributed by atoms with Crippen molar-refractivity contribution >= 4 is 11.7 Å². The number of nitrogen functional groups attached to an aromatic ring is 1. The minimum atomic E-state index is -0.185. The molecular weight excluding hydrogens is 264 g/mol. The first-order chi connectivity index (χ1) is 9.88. The SMILES string of the molecule is C[C@H](CC(C)(C)c1ccccc1)NC(=O)c1cc(N)n[nH]1. The number of benzene rings is 1. The van der Waals surface area contributed by atoms with Gasteiger partial charge in [-0.2, -0.15) is 5.10 Å². The Balaban J connectivity index is 1.98. The maximum absolute atomic E-state index is 12.1. The fourth-order valence-corrected chi connectivity index (χ4v) is 2.58. The van der Waals surface area contributed by atoms with Gasteiger partial charge in [0.2, 0.25) is 0 Å². The molecule has 1 aromatic heterocycles. The van der Waals surface area contributed by atoms with Crippen LogP contribution in [0.5, 0.6) is 0 Å². The number of amides is 1. The fourth-order valence-electron chi connectivity index (χ4n) is 2.58. The Bertz CT molecular complexity index is 604. The van der Waals surface area contributed by atoms with Gasteiger partial charge < -0.3 is 11.1 Å². The smallest absolute Gasteiger partial charge is 0.269 e. The van der Waals surface area contributed by atoms with E-state index < -0.39 is 0 Å². The average Bonchev–Trinajstić information content (AvgIpc) is 2.86. The zero-order chi connectivity index (χ0) is 15.5. The molecule has 2 aromatic rings. The van der Waals surface area contributed by atoms with Crippen LogP contribution in [0.4, 0.5) is 5.82 Å². The molecule has 0 unspecified atom stereocenters. The van der Waals surface area contributed by atoms with Crippen LogP contribution < -0.4 is 11.1 Å². The van der Waals surface area contributed by atoms with Crippen molar-refractivity contribution in [3.8, 4) is 0 Å². The summed E-state index contributed by atoms with van der Waals surface area (Å²) >= 11 is 0. The number of H-pyrrole nitrogens is 1. The highest BCUT2D eigenvalue weighted by molar-refractivity contribution is 5.93. The van der Waals surface area contributed by atoms with Gasteiger partial charge in [0.05, 0.1) is 0 Å². The molecule has 0 saturated carbocycles. The van der Waals surface area contributed by atoms with E-state index in [2.05, 4.69) is 41.5 Å². The lowest BCUT2D eigenvalue weighted by Gasteiger charge is -2.29. The van der Waals surface area contributed by atoms with E-state index in [0.29, 0.717) is 11.5 Å². The highest BCUT2D eigenvalue weighted by Crippen LogP contribution is 2.28. The normalized spacial score (nSPS) is 12.9. The summed E-state index contributed by atoms with van der Waals surface area (Å²) in [4.78, 5) is 12.1. The van der Waals surface area contributed by atoms with Crippen LogP contribution in [-0.4, -0.2) is 22.1 Å². The number of nitrogens with zero attached hydrogens (tertiary/aromatic N) is 1. The van der Waals surface area contributed by atoms with Crippen LogP contribution in [0.25, 0.3) is 0 Å². The summed E-state index contributed by atoms with van der Waals surface area (Å²) in [5.41, 5.74) is 7.14. The number of aromatic amines is 1. The second kappa shape index (κ2) is 5.99. The molecule has 21 heavy (non-hydrogen) atoms. The first kappa shape index (κ1) is 15.1. The molecule has 1 heterocycles. The summed E-state index contributed by atoms with van der Waals surface area (Å²) < 4.78 is 0. The summed E-state index contributed by atoms with van der Waals surface area (Å²) in [6.07, 6.45) is 0.840. The first-order valence-corrected chi connectivity index (χ1v) is 7.06. The van der Waals surface area contributed by atoms with Crippen molar-refractivity contribution in [3.63, 3.8) is 0 Å². The Kier molecular flexibility index (Phi) is 4.31. The maximum Gasteiger partial charge on any atom is 0.269 e. The van der Waals surface area contributed by atoms with Crippen LogP contribution in [0.1, 0.15) is 43.2 Å². The van der Waals surface area contributed by atoms with E-state index in [4.69, 9.17) is 5.73 Å². The van der Waals surface area contributed by atoms with Crippen molar-refractivity contribution in [1.82, 2.24) is 15.5 Å². The number of nitrogens with two attached hydrogens (primary N) is 1. The van der Waals surface area contributed by atoms with E-state index in [-0.39, 0.29) is 17.4 Å². The lowest BCUT2D eigenvalue weighted by Crippen LogP contribution is -2.37. The molecule has 0 aliphatic rings. The molecule has 2 rings (SSSR count). The Morgan fingerprint density at radius 3 is 2.62 bits per heavy atom. The Hall–Kier alpha value is -2.30. The minimum Gasteiger partial charge on any atom is -0.382 e. The van der Waals surface area contributed by atoms with Crippen LogP contribution >= 0.6 is 0 Å². The van der Waals surface area contributed by atoms with Crippen molar-refractivity contribution in [2.75, 3.05) is 5.73 Å². The van der Waals surface area contributed by atoms with Crippen LogP contribution in [-0.2, 0) is 5.41 Å². The van der Waals surface area contributed by atoms with E-state index in [1.165, 1.54) is 11.6 Å². The zero-order valence-corrected chi connectivity index (χ0v) is 12.7. The summed E-state index contributed by atoms with van der Waals surface area (Å²) in [5, 5.41) is 9.35. The molecule has 0 fully saturated rings. The van der Waals surface area contributed by atoms with Gasteiger partial charge in [-0.25, -0.2) is 0 Å². The van der Waals surface area contributed by atoms with Crippen LogP contribution in [0.2, 0.25) is 0 Å². The summed E-state index contributed by atoms with van der Waals surface area (Å²) in [7, 11) is 0. The molecule has 1 atom stereocenters. The molecule has 1 aromatic carbocycles. The fraction of sp³-hybridized carbons (Fsp3) is 0.375. The van der Waals surface area contributed by atoms with Crippen LogP contribution in [0.3, 0.4) is 0 Å². The number of anilines is 1. The molecular formula is C16H22N4O. The van der Waals surface area contributed by atoms with Gasteiger partial charge in [0.25, 0.3) is 5.91 Å². The lowest BCUT2D eigenvalue weighted by molar-refractivity contribution is 0.0929. The Morgan fingerprint density at radius 1 is 1.38 bits per heavy atom. The molecule has 0 spiro atoms. The van der Waals surface area contributed by atoms with Crippen molar-refractivity contribution < 1.29 is 4.79 Å². The van der Waals surface area contributed by atoms with E-state index in [1.54, 1.807) is 0 Å². The number of hydrogen-bond acceptors (Lipinski definition) is 3. The molecule has 0 aliphatic carbocycles. The van der Waals surface area contributed by atoms with Crippen molar-refractivity contribution in [1.29, 1.82) is 0 Å². The number of carbonyl (C=O) groups is 1. The Morgan fingerprint density at radius 2 is 2.05 bits per heavy atom. The molecule has 0 bridgehead atoms. The number of aromatic nitrogens is 2. The van der Waals surface area contributed by atoms with E-state index in [0.717, 1.165) is 6.42 Å². The summed E-state index contributed by atoms with van der Waals surface area (Å²) in [6.45, 7) is 6.36. The molecule has 0 saturated heterocycles. The number of hydrogen-bond donors (Lipinski definition) is 3. The Labute approximate surface area is 124 Å². The predicted octanol–water partition coefficient (Wildman–Crippen LogP) is 2.48. The monoisotopic (exact) mass is 286 g/mol. The number of carbonyl (C=O) groups excluding carboxylic acids is 1. The number of rotatable bonds is 5. The van der Waals surface area contributed by atoms with Gasteiger partial charge in [-0.05, 0) is 24.3 Å². The largest absolute Gasteiger partial charge is 0.382 e. The second-order valence-corrected chi connectivity index (χ2v) is 6.04. The quantitative estimate of drug-likeness (QED) is 0.789. The molecule has 5 heteroatoms. The summed E-state index contributed by atoms with van der Waals surface area (Å²) in [6, 6.07) is 11.9. The second-order valence-electron chi connectivity index (χ2n) is 6.04. The van der Waals surface area contributed by atoms with Crippen molar-refractivity contribution in [2.45, 2.75) is 38.6 Å². The maximum atomic E-state index is 12.1. The molecule has 0 radical (unpaired) electrons. The van der Waals surface area contributed by atoms with Gasteiger partial charge in [0, 0.05) is 12.1 Å². The topological polar surface area (TPSA) is 83.8 Å². The van der Waals surface area contributed by atoms with Crippen molar-refractivity contribution in [3.05, 3.63) is 47.7 Å². The van der Waals surface area contributed by atoms with E-state index in [1.807, 2.05) is 25.1 Å². The first-order valence-electron chi connectivity index (χ1n) is 7.06. The minimum absolute atomic E-state index is 0.0129. The zero-order valence-electron chi connectivity index (χ0n) is 12.7. The van der Waals surface area contributed by atoms with Crippen LogP contribution in [0.15, 0.2) is 36.4 Å². The van der Waals surface area contributed by atoms with Crippen LogP contribution in [0, 0.1) is 0 Å². The van der Waals surface area contributed by atoms with Gasteiger partial charge in [-0.15, -0.1) is 0 Å². The third-order valence-electron chi connectivity index (χ3n) is 3.59. The number of nitrogens with one attached hydrogen (secondary N) is 2. The standard InChI is InChI=1S/C16H22N4O/c1-11(18-15(21)13-9-14(17)20-19-13)10-16(2,3)12-7-5-4-6-8-12/h4-9,11H,10H2,1-3H3,(H,18,21)(H3,17,19,20)/t11-/m1/s1. The predicted molar refractivity (Wildman–Crippen MR) is 84.0 cm³/mol.